The average molecular weight is 444 g/mol. The van der Waals surface area contributed by atoms with Gasteiger partial charge in [-0.1, -0.05) is 78.9 Å². The summed E-state index contributed by atoms with van der Waals surface area (Å²) in [7, 11) is 0. The first-order valence-corrected chi connectivity index (χ1v) is 11.9. The molecule has 0 spiro atoms. The molecule has 3 rings (SSSR count). The maximum Gasteiger partial charge on any atom is 0.320 e. The first-order chi connectivity index (χ1) is 15.7. The molecular weight excluding hydrogens is 406 g/mol. The molecule has 3 nitrogen and oxygen atoms in total. The lowest BCUT2D eigenvalue weighted by molar-refractivity contribution is -0.153. The Labute approximate surface area is 199 Å². The summed E-state index contributed by atoms with van der Waals surface area (Å²) in [6.45, 7) is 10.2. The fraction of sp³-hybridized carbons (Fsp3) is 0.367. The molecule has 0 aliphatic rings. The van der Waals surface area contributed by atoms with Crippen molar-refractivity contribution in [2.24, 2.45) is 0 Å². The maximum atomic E-state index is 12.3. The van der Waals surface area contributed by atoms with Crippen LogP contribution in [0.25, 0.3) is 11.1 Å². The molecule has 174 valence electrons. The molecule has 0 saturated carbocycles. The molecule has 0 saturated heterocycles. The molecule has 0 aliphatic heterocycles. The summed E-state index contributed by atoms with van der Waals surface area (Å²) in [5, 5.41) is 3.43. The average Bonchev–Trinajstić information content (AvgIpc) is 2.78. The van der Waals surface area contributed by atoms with E-state index in [2.05, 4.69) is 92.0 Å². The Hall–Kier alpha value is -2.91. The van der Waals surface area contributed by atoms with Crippen molar-refractivity contribution in [3.05, 3.63) is 95.6 Å². The SMILES string of the molecule is Cc1cc(C(CCc2ccccc2)C(C)NCC(=O)OC(C)(C)C)ccc1-c1ccccc1. The fourth-order valence-corrected chi connectivity index (χ4v) is 4.30. The number of nitrogens with one attached hydrogen (secondary N) is 1. The molecule has 0 aromatic heterocycles. The Kier molecular flexibility index (Phi) is 8.46. The number of hydrogen-bond donors (Lipinski definition) is 1. The van der Waals surface area contributed by atoms with E-state index in [0.29, 0.717) is 0 Å². The Morgan fingerprint density at radius 1 is 0.939 bits per heavy atom. The summed E-state index contributed by atoms with van der Waals surface area (Å²) in [6, 6.07) is 28.0. The monoisotopic (exact) mass is 443 g/mol. The van der Waals surface area contributed by atoms with Crippen LogP contribution in [0.5, 0.6) is 0 Å². The van der Waals surface area contributed by atoms with Crippen LogP contribution in [-0.2, 0) is 16.0 Å². The highest BCUT2D eigenvalue weighted by molar-refractivity contribution is 5.72. The fourth-order valence-electron chi connectivity index (χ4n) is 4.30. The molecule has 2 atom stereocenters. The summed E-state index contributed by atoms with van der Waals surface area (Å²) in [5.74, 6) is 0.0583. The lowest BCUT2D eigenvalue weighted by atomic mass is 9.85. The summed E-state index contributed by atoms with van der Waals surface area (Å²) < 4.78 is 5.49. The summed E-state index contributed by atoms with van der Waals surface area (Å²) in [5.41, 5.74) is 5.92. The Morgan fingerprint density at radius 3 is 2.18 bits per heavy atom. The molecule has 33 heavy (non-hydrogen) atoms. The van der Waals surface area contributed by atoms with Crippen LogP contribution < -0.4 is 5.32 Å². The second-order valence-electron chi connectivity index (χ2n) is 9.83. The largest absolute Gasteiger partial charge is 0.459 e. The summed E-state index contributed by atoms with van der Waals surface area (Å²) in [4.78, 5) is 12.3. The van der Waals surface area contributed by atoms with Gasteiger partial charge in [0.2, 0.25) is 0 Å². The Balaban J connectivity index is 1.78. The van der Waals surface area contributed by atoms with Crippen molar-refractivity contribution in [3.8, 4) is 11.1 Å². The molecule has 0 fully saturated rings. The minimum absolute atomic E-state index is 0.128. The van der Waals surface area contributed by atoms with Crippen molar-refractivity contribution in [3.63, 3.8) is 0 Å². The van der Waals surface area contributed by atoms with Gasteiger partial charge in [0.1, 0.15) is 5.60 Å². The number of aryl methyl sites for hydroxylation is 2. The number of rotatable bonds is 9. The molecule has 1 N–H and O–H groups in total. The molecule has 0 aliphatic carbocycles. The van der Waals surface area contributed by atoms with Gasteiger partial charge in [0.25, 0.3) is 0 Å². The van der Waals surface area contributed by atoms with E-state index in [1.807, 2.05) is 26.8 Å². The van der Waals surface area contributed by atoms with Crippen LogP contribution in [0.15, 0.2) is 78.9 Å². The third-order valence-corrected chi connectivity index (χ3v) is 5.94. The zero-order chi connectivity index (χ0) is 23.8. The van der Waals surface area contributed by atoms with Crippen LogP contribution in [0.3, 0.4) is 0 Å². The number of benzene rings is 3. The van der Waals surface area contributed by atoms with Gasteiger partial charge in [0, 0.05) is 6.04 Å². The lowest BCUT2D eigenvalue weighted by Crippen LogP contribution is -2.39. The van der Waals surface area contributed by atoms with Crippen molar-refractivity contribution in [1.82, 2.24) is 5.32 Å². The molecule has 0 heterocycles. The molecule has 3 aromatic rings. The van der Waals surface area contributed by atoms with E-state index in [1.165, 1.54) is 27.8 Å². The third kappa shape index (κ3) is 7.57. The second-order valence-corrected chi connectivity index (χ2v) is 9.83. The molecular formula is C30H37NO2. The van der Waals surface area contributed by atoms with E-state index in [0.717, 1.165) is 12.8 Å². The first-order valence-electron chi connectivity index (χ1n) is 11.9. The number of hydrogen-bond acceptors (Lipinski definition) is 3. The van der Waals surface area contributed by atoms with Crippen molar-refractivity contribution in [2.45, 2.75) is 65.0 Å². The Bertz CT molecular complexity index is 1020. The zero-order valence-corrected chi connectivity index (χ0v) is 20.6. The standard InChI is InChI=1S/C30H37NO2/c1-22-20-26(17-19-27(22)25-14-10-7-11-15-25)28(18-16-24-12-8-6-9-13-24)23(2)31-21-29(32)33-30(3,4)5/h6-15,17,19-20,23,28,31H,16,18,21H2,1-5H3. The number of carbonyl (C=O) groups excluding carboxylic acids is 1. The van der Waals surface area contributed by atoms with Crippen molar-refractivity contribution >= 4 is 5.97 Å². The van der Waals surface area contributed by atoms with Crippen LogP contribution in [0.2, 0.25) is 0 Å². The van der Waals surface area contributed by atoms with E-state index >= 15 is 0 Å². The van der Waals surface area contributed by atoms with E-state index in [-0.39, 0.29) is 24.5 Å². The molecule has 0 amide bonds. The molecule has 2 unspecified atom stereocenters. The van der Waals surface area contributed by atoms with Crippen LogP contribution in [-0.4, -0.2) is 24.2 Å². The van der Waals surface area contributed by atoms with E-state index < -0.39 is 5.60 Å². The van der Waals surface area contributed by atoms with Gasteiger partial charge >= 0.3 is 5.97 Å². The van der Waals surface area contributed by atoms with Gasteiger partial charge in [0.05, 0.1) is 6.54 Å². The zero-order valence-electron chi connectivity index (χ0n) is 20.6. The number of ether oxygens (including phenoxy) is 1. The smallest absolute Gasteiger partial charge is 0.320 e. The van der Waals surface area contributed by atoms with Gasteiger partial charge in [-0.15, -0.1) is 0 Å². The molecule has 0 bridgehead atoms. The van der Waals surface area contributed by atoms with E-state index in [1.54, 1.807) is 0 Å². The number of carbonyl (C=O) groups is 1. The first kappa shape index (κ1) is 24.7. The van der Waals surface area contributed by atoms with Crippen LogP contribution in [0.1, 0.15) is 56.7 Å². The normalized spacial score (nSPS) is 13.4. The third-order valence-electron chi connectivity index (χ3n) is 5.94. The van der Waals surface area contributed by atoms with E-state index in [9.17, 15) is 4.79 Å². The maximum absolute atomic E-state index is 12.3. The topological polar surface area (TPSA) is 38.3 Å². The van der Waals surface area contributed by atoms with Gasteiger partial charge in [-0.2, -0.15) is 0 Å². The minimum atomic E-state index is -0.473. The quantitative estimate of drug-likeness (QED) is 0.374. The Morgan fingerprint density at radius 2 is 1.58 bits per heavy atom. The van der Waals surface area contributed by atoms with Gasteiger partial charge < -0.3 is 10.1 Å². The predicted molar refractivity (Wildman–Crippen MR) is 137 cm³/mol. The van der Waals surface area contributed by atoms with E-state index in [4.69, 9.17) is 4.74 Å². The highest BCUT2D eigenvalue weighted by Gasteiger charge is 2.22. The minimum Gasteiger partial charge on any atom is -0.459 e. The van der Waals surface area contributed by atoms with Crippen LogP contribution in [0, 0.1) is 6.92 Å². The summed E-state index contributed by atoms with van der Waals surface area (Å²) in [6.07, 6.45) is 1.99. The van der Waals surface area contributed by atoms with Crippen LogP contribution in [0.4, 0.5) is 0 Å². The molecule has 3 aromatic carbocycles. The lowest BCUT2D eigenvalue weighted by Gasteiger charge is -2.27. The van der Waals surface area contributed by atoms with Gasteiger partial charge in [-0.05, 0) is 81.2 Å². The van der Waals surface area contributed by atoms with Gasteiger partial charge in [0.15, 0.2) is 0 Å². The predicted octanol–water partition coefficient (Wildman–Crippen LogP) is 6.70. The second kappa shape index (κ2) is 11.3. The van der Waals surface area contributed by atoms with Gasteiger partial charge in [-0.25, -0.2) is 0 Å². The van der Waals surface area contributed by atoms with Crippen molar-refractivity contribution < 1.29 is 9.53 Å². The number of esters is 1. The highest BCUT2D eigenvalue weighted by Crippen LogP contribution is 2.31. The summed E-state index contributed by atoms with van der Waals surface area (Å²) >= 11 is 0. The van der Waals surface area contributed by atoms with Gasteiger partial charge in [-0.3, -0.25) is 4.79 Å². The van der Waals surface area contributed by atoms with Crippen molar-refractivity contribution in [1.29, 1.82) is 0 Å². The van der Waals surface area contributed by atoms with Crippen molar-refractivity contribution in [2.75, 3.05) is 6.54 Å². The molecule has 3 heteroatoms. The highest BCUT2D eigenvalue weighted by atomic mass is 16.6. The van der Waals surface area contributed by atoms with Crippen LogP contribution >= 0.6 is 0 Å². The molecule has 0 radical (unpaired) electrons.